The highest BCUT2D eigenvalue weighted by molar-refractivity contribution is 4.77. The van der Waals surface area contributed by atoms with E-state index in [1.54, 1.807) is 0 Å². The normalized spacial score (nSPS) is 22.7. The number of nitrogens with one attached hydrogen (secondary N) is 1. The van der Waals surface area contributed by atoms with Crippen molar-refractivity contribution in [3.63, 3.8) is 0 Å². The summed E-state index contributed by atoms with van der Waals surface area (Å²) in [4.78, 5) is 0. The highest BCUT2D eigenvalue weighted by atomic mass is 19.3. The van der Waals surface area contributed by atoms with E-state index in [9.17, 15) is 8.78 Å². The molecule has 9 heavy (non-hydrogen) atoms. The van der Waals surface area contributed by atoms with Crippen molar-refractivity contribution in [1.29, 1.82) is 0 Å². The highest BCUT2D eigenvalue weighted by Gasteiger charge is 2.32. The molecule has 0 aromatic rings. The minimum absolute atomic E-state index is 0.00694. The van der Waals surface area contributed by atoms with Crippen LogP contribution in [-0.4, -0.2) is 19.0 Å². The van der Waals surface area contributed by atoms with E-state index >= 15 is 0 Å². The molecule has 0 aromatic heterocycles. The summed E-state index contributed by atoms with van der Waals surface area (Å²) in [6.45, 7) is 4.33. The number of alkyl halides is 2. The quantitative estimate of drug-likeness (QED) is 0.535. The van der Waals surface area contributed by atoms with Gasteiger partial charge in [0.2, 0.25) is 0 Å². The van der Waals surface area contributed by atoms with Crippen LogP contribution in [0.15, 0.2) is 0 Å². The van der Waals surface area contributed by atoms with Crippen LogP contribution in [0.2, 0.25) is 0 Å². The Bertz CT molecular complexity index is 65.5. The van der Waals surface area contributed by atoms with E-state index in [1.165, 1.54) is 0 Å². The van der Waals surface area contributed by atoms with Crippen molar-refractivity contribution >= 4 is 0 Å². The average Bonchev–Trinajstić information content (AvgIpc) is 2.19. The van der Waals surface area contributed by atoms with Crippen LogP contribution in [0, 0.1) is 0 Å². The fourth-order valence-corrected chi connectivity index (χ4v) is 0.631. The van der Waals surface area contributed by atoms with Gasteiger partial charge in [-0.2, -0.15) is 0 Å². The minimum atomic E-state index is -2.42. The van der Waals surface area contributed by atoms with Gasteiger partial charge in [-0.05, 0) is 0 Å². The zero-order chi connectivity index (χ0) is 7.33. The van der Waals surface area contributed by atoms with Gasteiger partial charge in [-0.3, -0.25) is 0 Å². The summed E-state index contributed by atoms with van der Waals surface area (Å²) in [5.74, 6) is -2.42. The molecule has 0 bridgehead atoms. The fraction of sp³-hybridized carbons (Fsp3) is 1.00. The van der Waals surface area contributed by atoms with Crippen molar-refractivity contribution in [3.8, 4) is 0 Å². The van der Waals surface area contributed by atoms with E-state index in [-0.39, 0.29) is 13.0 Å². The maximum Gasteiger partial charge on any atom is 0.261 e. The second-order valence-electron chi connectivity index (χ2n) is 1.78. The van der Waals surface area contributed by atoms with Crippen molar-refractivity contribution in [2.45, 2.75) is 26.2 Å². The summed E-state index contributed by atoms with van der Waals surface area (Å²) in [5, 5.41) is 2.56. The van der Waals surface area contributed by atoms with Crippen LogP contribution >= 0.6 is 0 Å². The Labute approximate surface area is 54.4 Å². The molecule has 0 amide bonds. The van der Waals surface area contributed by atoms with Gasteiger partial charge in [0.25, 0.3) is 5.92 Å². The lowest BCUT2D eigenvalue weighted by Crippen LogP contribution is -2.18. The van der Waals surface area contributed by atoms with Crippen LogP contribution in [-0.2, 0) is 0 Å². The molecule has 0 atom stereocenters. The Morgan fingerprint density at radius 2 is 1.89 bits per heavy atom. The summed E-state index contributed by atoms with van der Waals surface area (Å²) in [7, 11) is 0. The molecule has 1 aliphatic rings. The third-order valence-corrected chi connectivity index (χ3v) is 1.05. The summed E-state index contributed by atoms with van der Waals surface area (Å²) >= 11 is 0. The maximum absolute atomic E-state index is 11.9. The second kappa shape index (κ2) is 3.77. The predicted molar refractivity (Wildman–Crippen MR) is 33.8 cm³/mol. The molecular weight excluding hydrogens is 124 g/mol. The van der Waals surface area contributed by atoms with Crippen molar-refractivity contribution in [1.82, 2.24) is 5.32 Å². The summed E-state index contributed by atoms with van der Waals surface area (Å²) in [6.07, 6.45) is 0.00694. The van der Waals surface area contributed by atoms with E-state index in [0.717, 1.165) is 0 Å². The zero-order valence-corrected chi connectivity index (χ0v) is 5.88. The van der Waals surface area contributed by atoms with Crippen molar-refractivity contribution in [2.75, 3.05) is 13.1 Å². The smallest absolute Gasteiger partial charge is 0.261 e. The molecule has 0 saturated carbocycles. The molecule has 0 aliphatic carbocycles. The van der Waals surface area contributed by atoms with Crippen molar-refractivity contribution < 1.29 is 8.78 Å². The van der Waals surface area contributed by atoms with Gasteiger partial charge < -0.3 is 5.32 Å². The molecule has 1 N–H and O–H groups in total. The van der Waals surface area contributed by atoms with Crippen LogP contribution in [0.25, 0.3) is 0 Å². The Hall–Kier alpha value is -0.180. The Balaban J connectivity index is 0.000000291. The standard InChI is InChI=1S/C4H7F2N.C2H6/c5-4(6)1-2-7-3-4;1-2/h7H,1-3H2;1-2H3. The number of halogens is 2. The molecule has 3 heteroatoms. The predicted octanol–water partition coefficient (Wildman–Crippen LogP) is 1.64. The van der Waals surface area contributed by atoms with Crippen molar-refractivity contribution in [3.05, 3.63) is 0 Å². The van der Waals surface area contributed by atoms with Gasteiger partial charge in [0.05, 0.1) is 6.54 Å². The number of hydrogen-bond donors (Lipinski definition) is 1. The minimum Gasteiger partial charge on any atom is -0.311 e. The summed E-state index contributed by atoms with van der Waals surface area (Å²) < 4.78 is 23.8. The largest absolute Gasteiger partial charge is 0.311 e. The Morgan fingerprint density at radius 3 is 2.00 bits per heavy atom. The molecule has 56 valence electrons. The summed E-state index contributed by atoms with van der Waals surface area (Å²) in [5.41, 5.74) is 0. The van der Waals surface area contributed by atoms with Gasteiger partial charge in [0.1, 0.15) is 0 Å². The van der Waals surface area contributed by atoms with Gasteiger partial charge in [0.15, 0.2) is 0 Å². The van der Waals surface area contributed by atoms with Gasteiger partial charge in [-0.25, -0.2) is 8.78 Å². The molecule has 1 saturated heterocycles. The first-order chi connectivity index (χ1) is 4.21. The fourth-order valence-electron chi connectivity index (χ4n) is 0.631. The van der Waals surface area contributed by atoms with Crippen LogP contribution in [0.5, 0.6) is 0 Å². The first-order valence-corrected chi connectivity index (χ1v) is 3.29. The molecule has 1 heterocycles. The third kappa shape index (κ3) is 3.40. The molecule has 1 rings (SSSR count). The van der Waals surface area contributed by atoms with Gasteiger partial charge in [-0.15, -0.1) is 0 Å². The van der Waals surface area contributed by atoms with E-state index in [1.807, 2.05) is 13.8 Å². The third-order valence-electron chi connectivity index (χ3n) is 1.05. The van der Waals surface area contributed by atoms with E-state index in [2.05, 4.69) is 5.32 Å². The van der Waals surface area contributed by atoms with Crippen LogP contribution in [0.1, 0.15) is 20.3 Å². The number of rotatable bonds is 0. The van der Waals surface area contributed by atoms with E-state index in [0.29, 0.717) is 6.54 Å². The van der Waals surface area contributed by atoms with Crippen LogP contribution in [0.3, 0.4) is 0 Å². The van der Waals surface area contributed by atoms with E-state index < -0.39 is 5.92 Å². The molecule has 0 aromatic carbocycles. The Morgan fingerprint density at radius 1 is 1.33 bits per heavy atom. The molecule has 0 radical (unpaired) electrons. The molecule has 1 nitrogen and oxygen atoms in total. The molecule has 1 aliphatic heterocycles. The molecular formula is C6H13F2N. The topological polar surface area (TPSA) is 12.0 Å². The lowest BCUT2D eigenvalue weighted by molar-refractivity contribution is 0.0238. The SMILES string of the molecule is CC.FC1(F)CCNC1. The molecule has 0 unspecified atom stereocenters. The monoisotopic (exact) mass is 137 g/mol. The van der Waals surface area contributed by atoms with Crippen LogP contribution in [0.4, 0.5) is 8.78 Å². The first kappa shape index (κ1) is 8.82. The lowest BCUT2D eigenvalue weighted by atomic mass is 10.3. The summed E-state index contributed by atoms with van der Waals surface area (Å²) in [6, 6.07) is 0. The zero-order valence-electron chi connectivity index (χ0n) is 5.88. The van der Waals surface area contributed by atoms with Gasteiger partial charge in [-0.1, -0.05) is 13.8 Å². The van der Waals surface area contributed by atoms with Crippen LogP contribution < -0.4 is 5.32 Å². The average molecular weight is 137 g/mol. The van der Waals surface area contributed by atoms with Gasteiger partial charge >= 0.3 is 0 Å². The van der Waals surface area contributed by atoms with E-state index in [4.69, 9.17) is 0 Å². The second-order valence-corrected chi connectivity index (χ2v) is 1.78. The highest BCUT2D eigenvalue weighted by Crippen LogP contribution is 2.19. The molecule has 0 spiro atoms. The van der Waals surface area contributed by atoms with Gasteiger partial charge in [0, 0.05) is 13.0 Å². The number of hydrogen-bond acceptors (Lipinski definition) is 1. The van der Waals surface area contributed by atoms with Crippen molar-refractivity contribution in [2.24, 2.45) is 0 Å². The lowest BCUT2D eigenvalue weighted by Gasteiger charge is -2.02. The first-order valence-electron chi connectivity index (χ1n) is 3.29. The maximum atomic E-state index is 11.9. The molecule has 1 fully saturated rings. The Kier molecular flexibility index (Phi) is 3.70.